The van der Waals surface area contributed by atoms with E-state index in [0.29, 0.717) is 0 Å². The Morgan fingerprint density at radius 2 is 1.35 bits per heavy atom. The first-order chi connectivity index (χ1) is 26.7. The van der Waals surface area contributed by atoms with Gasteiger partial charge in [0.15, 0.2) is 0 Å². The molecule has 0 bridgehead atoms. The van der Waals surface area contributed by atoms with Gasteiger partial charge in [0.25, 0.3) is 0 Å². The molecule has 5 aromatic heterocycles. The van der Waals surface area contributed by atoms with E-state index in [0.717, 1.165) is 99.8 Å². The predicted octanol–water partition coefficient (Wildman–Crippen LogP) is 11.3. The van der Waals surface area contributed by atoms with Crippen molar-refractivity contribution in [2.45, 2.75) is 6.92 Å². The minimum atomic E-state index is 0. The maximum absolute atomic E-state index is 5.49. The van der Waals surface area contributed by atoms with E-state index in [-0.39, 0.29) is 21.1 Å². The third-order valence-electron chi connectivity index (χ3n) is 10.5. The van der Waals surface area contributed by atoms with Gasteiger partial charge in [-0.15, -0.1) is 34.8 Å². The third-order valence-corrected chi connectivity index (χ3v) is 10.5. The van der Waals surface area contributed by atoms with Crippen LogP contribution >= 0.6 is 0 Å². The smallest absolute Gasteiger partial charge is 0.656 e. The topological polar surface area (TPSA) is 62.6 Å². The number of fused-ring (bicyclic) bond motifs is 7. The van der Waals surface area contributed by atoms with Gasteiger partial charge in [0.1, 0.15) is 11.6 Å². The Balaban J connectivity index is 0.00000372. The normalized spacial score (nSPS) is 11.6. The van der Waals surface area contributed by atoms with E-state index in [9.17, 15) is 0 Å². The van der Waals surface area contributed by atoms with Crippen LogP contribution in [0.3, 0.4) is 0 Å². The summed E-state index contributed by atoms with van der Waals surface area (Å²) < 4.78 is 4.51. The van der Waals surface area contributed by atoms with Crippen molar-refractivity contribution in [2.24, 2.45) is 0 Å². The number of para-hydroxylation sites is 4. The molecule has 0 radical (unpaired) electrons. The number of rotatable bonds is 5. The number of benzene rings is 6. The van der Waals surface area contributed by atoms with Gasteiger partial charge in [0.2, 0.25) is 0 Å². The largest absolute Gasteiger partial charge is 2.00 e. The first-order valence-corrected chi connectivity index (χ1v) is 18.1. The third kappa shape index (κ3) is 5.25. The number of aryl methyl sites for hydroxylation is 1. The summed E-state index contributed by atoms with van der Waals surface area (Å²) in [5, 5.41) is 4.55. The van der Waals surface area contributed by atoms with Crippen molar-refractivity contribution in [2.75, 3.05) is 0 Å². The van der Waals surface area contributed by atoms with Crippen LogP contribution in [0.25, 0.3) is 99.8 Å². The van der Waals surface area contributed by atoms with Crippen molar-refractivity contribution in [3.63, 3.8) is 0 Å². The van der Waals surface area contributed by atoms with E-state index < -0.39 is 0 Å². The SMILES string of the molecule is Cc1ccc2c3ccc(-c4cccc5c4nc(-c4cccc6c4[n-]c4ccccc46)n5-c4ccccc4)[c-]c3n(-c3cc(-c4ccncc4)ccn3)c2c1.[Pt+2]. The van der Waals surface area contributed by atoms with Crippen molar-refractivity contribution < 1.29 is 21.1 Å². The van der Waals surface area contributed by atoms with Gasteiger partial charge in [0, 0.05) is 35.4 Å². The molecule has 262 valence electrons. The number of pyridine rings is 2. The Morgan fingerprint density at radius 3 is 2.24 bits per heavy atom. The molecule has 0 amide bonds. The average Bonchev–Trinajstić information content (AvgIpc) is 3.91. The Hall–Kier alpha value is -6.62. The molecular weight excluding hydrogens is 856 g/mol. The van der Waals surface area contributed by atoms with Crippen LogP contribution in [-0.2, 0) is 21.1 Å². The second-order valence-corrected chi connectivity index (χ2v) is 13.7. The zero-order chi connectivity index (χ0) is 35.8. The quantitative estimate of drug-likeness (QED) is 0.162. The maximum atomic E-state index is 5.49. The van der Waals surface area contributed by atoms with Crippen LogP contribution < -0.4 is 4.98 Å². The Labute approximate surface area is 331 Å². The summed E-state index contributed by atoms with van der Waals surface area (Å²) in [6, 6.07) is 54.8. The minimum absolute atomic E-state index is 0. The van der Waals surface area contributed by atoms with Gasteiger partial charge in [0.05, 0.1) is 11.0 Å². The van der Waals surface area contributed by atoms with Crippen molar-refractivity contribution in [3.8, 4) is 45.1 Å². The second-order valence-electron chi connectivity index (χ2n) is 13.7. The van der Waals surface area contributed by atoms with Gasteiger partial charge in [-0.2, -0.15) is 0 Å². The molecule has 11 rings (SSSR count). The van der Waals surface area contributed by atoms with Gasteiger partial charge in [-0.25, -0.2) is 9.97 Å². The molecule has 0 aliphatic heterocycles. The fourth-order valence-electron chi connectivity index (χ4n) is 8.03. The molecule has 7 heteroatoms. The van der Waals surface area contributed by atoms with E-state index in [4.69, 9.17) is 15.0 Å². The zero-order valence-corrected chi connectivity index (χ0v) is 31.9. The van der Waals surface area contributed by atoms with E-state index in [1.807, 2.05) is 48.9 Å². The second kappa shape index (κ2) is 13.0. The molecule has 0 unspecified atom stereocenters. The molecule has 0 saturated carbocycles. The predicted molar refractivity (Wildman–Crippen MR) is 219 cm³/mol. The zero-order valence-electron chi connectivity index (χ0n) is 29.6. The molecular formula is C48H30N6Pt. The van der Waals surface area contributed by atoms with Gasteiger partial charge in [-0.05, 0) is 93.8 Å². The summed E-state index contributed by atoms with van der Waals surface area (Å²) in [4.78, 5) is 19.8. The molecule has 0 saturated heterocycles. The van der Waals surface area contributed by atoms with Crippen molar-refractivity contribution >= 4 is 54.6 Å². The summed E-state index contributed by atoms with van der Waals surface area (Å²) in [6.07, 6.45) is 5.53. The molecule has 6 aromatic carbocycles. The van der Waals surface area contributed by atoms with Crippen LogP contribution in [0.5, 0.6) is 0 Å². The average molecular weight is 886 g/mol. The Bertz CT molecular complexity index is 3230. The van der Waals surface area contributed by atoms with E-state index in [1.165, 1.54) is 5.56 Å². The molecule has 0 N–H and O–H groups in total. The van der Waals surface area contributed by atoms with Crippen LogP contribution in [0.2, 0.25) is 0 Å². The van der Waals surface area contributed by atoms with Crippen LogP contribution in [0.15, 0.2) is 164 Å². The first kappa shape index (κ1) is 33.0. The molecule has 0 atom stereocenters. The minimum Gasteiger partial charge on any atom is -0.656 e. The fourth-order valence-corrected chi connectivity index (χ4v) is 8.03. The van der Waals surface area contributed by atoms with Crippen LogP contribution in [0.1, 0.15) is 5.56 Å². The van der Waals surface area contributed by atoms with E-state index in [1.54, 1.807) is 0 Å². The first-order valence-electron chi connectivity index (χ1n) is 18.1. The molecule has 11 aromatic rings. The molecule has 0 aliphatic carbocycles. The number of imidazole rings is 1. The van der Waals surface area contributed by atoms with E-state index in [2.05, 4.69) is 142 Å². The van der Waals surface area contributed by atoms with Crippen LogP contribution in [0.4, 0.5) is 0 Å². The number of nitrogens with zero attached hydrogens (tertiary/aromatic N) is 6. The Morgan fingerprint density at radius 1 is 0.582 bits per heavy atom. The summed E-state index contributed by atoms with van der Waals surface area (Å²) in [5.74, 6) is 1.68. The summed E-state index contributed by atoms with van der Waals surface area (Å²) in [7, 11) is 0. The van der Waals surface area contributed by atoms with Gasteiger partial charge >= 0.3 is 21.1 Å². The number of aromatic nitrogens is 6. The van der Waals surface area contributed by atoms with E-state index >= 15 is 0 Å². The maximum Gasteiger partial charge on any atom is 2.00 e. The molecule has 0 spiro atoms. The number of hydrogen-bond acceptors (Lipinski definition) is 3. The Kier molecular flexibility index (Phi) is 7.82. The molecule has 55 heavy (non-hydrogen) atoms. The van der Waals surface area contributed by atoms with Crippen molar-refractivity contribution in [3.05, 3.63) is 176 Å². The molecule has 0 aliphatic rings. The number of hydrogen-bond donors (Lipinski definition) is 0. The fraction of sp³-hybridized carbons (Fsp3) is 0.0208. The monoisotopic (exact) mass is 885 g/mol. The van der Waals surface area contributed by atoms with Gasteiger partial charge in [-0.1, -0.05) is 95.9 Å². The summed E-state index contributed by atoms with van der Waals surface area (Å²) >= 11 is 0. The standard InChI is InChI=1S/C48H30N6.Pt/c1-30-17-19-37-38-20-18-33(28-44(38)54(43(37)27-30)45-29-32(23-26-50-45)31-21-24-49-25-22-31)35-12-8-16-42-47(35)52-48(53(42)34-9-3-2-4-10-34)40-14-7-13-39-36-11-5-6-15-41(36)51-46(39)40;/h2-27,29H,1H3;/q-2;+2. The van der Waals surface area contributed by atoms with Gasteiger partial charge < -0.3 is 9.55 Å². The summed E-state index contributed by atoms with van der Waals surface area (Å²) in [5.41, 5.74) is 13.2. The molecule has 5 heterocycles. The van der Waals surface area contributed by atoms with Crippen molar-refractivity contribution in [1.82, 2.24) is 29.1 Å². The molecule has 6 nitrogen and oxygen atoms in total. The van der Waals surface area contributed by atoms with Crippen LogP contribution in [0, 0.1) is 13.0 Å². The van der Waals surface area contributed by atoms with Gasteiger partial charge in [-0.3, -0.25) is 9.55 Å². The van der Waals surface area contributed by atoms with Crippen LogP contribution in [-0.4, -0.2) is 24.1 Å². The van der Waals surface area contributed by atoms with Crippen molar-refractivity contribution in [1.29, 1.82) is 0 Å². The molecule has 0 fully saturated rings. The summed E-state index contributed by atoms with van der Waals surface area (Å²) in [6.45, 7) is 2.13.